The molecule has 0 aliphatic carbocycles. The number of anilines is 2. The van der Waals surface area contributed by atoms with Crippen molar-refractivity contribution in [3.8, 4) is 0 Å². The molecule has 160 valence electrons. The van der Waals surface area contributed by atoms with Crippen LogP contribution in [0.5, 0.6) is 0 Å². The van der Waals surface area contributed by atoms with E-state index < -0.39 is 0 Å². The van der Waals surface area contributed by atoms with E-state index in [1.165, 1.54) is 6.92 Å². The van der Waals surface area contributed by atoms with Crippen molar-refractivity contribution >= 4 is 46.4 Å². The Labute approximate surface area is 190 Å². The van der Waals surface area contributed by atoms with Crippen LogP contribution in [-0.2, 0) is 4.79 Å². The molecule has 2 heterocycles. The lowest BCUT2D eigenvalue weighted by Crippen LogP contribution is -2.47. The lowest BCUT2D eigenvalue weighted by atomic mass is 9.89. The summed E-state index contributed by atoms with van der Waals surface area (Å²) < 4.78 is 5.22. The number of nitrogens with zero attached hydrogens (tertiary/aromatic N) is 3. The molecule has 3 aromatic rings. The molecule has 2 amide bonds. The van der Waals surface area contributed by atoms with Gasteiger partial charge < -0.3 is 14.3 Å². The Morgan fingerprint density at radius 3 is 2.39 bits per heavy atom. The number of hydrogen-bond acceptors (Lipinski definition) is 4. The van der Waals surface area contributed by atoms with Gasteiger partial charge in [-0.1, -0.05) is 28.4 Å². The van der Waals surface area contributed by atoms with Crippen LogP contribution in [0.2, 0.25) is 10.0 Å². The molecule has 0 N–H and O–H groups in total. The number of amides is 2. The molecule has 6 nitrogen and oxygen atoms in total. The third-order valence-corrected chi connectivity index (χ3v) is 5.91. The molecule has 0 saturated carbocycles. The van der Waals surface area contributed by atoms with Gasteiger partial charge in [-0.3, -0.25) is 9.59 Å². The van der Waals surface area contributed by atoms with Crippen molar-refractivity contribution in [2.75, 3.05) is 9.80 Å². The van der Waals surface area contributed by atoms with Gasteiger partial charge >= 0.3 is 0 Å². The topological polar surface area (TPSA) is 66.7 Å². The Hall–Kier alpha value is -2.83. The standard InChI is InChI=1S/C23H21Cl2N3O3/c1-13-10-22(31-26-13)23(30)27-14(2)11-21(19-12-17(25)6-9-20(19)27)28(15(3)29)18-7-4-16(24)5-8-18/h4-10,12,14,21H,11H2,1-3H3/t14-,21+/m0/s1. The highest BCUT2D eigenvalue weighted by atomic mass is 35.5. The number of carbonyl (C=O) groups is 2. The maximum atomic E-state index is 13.3. The van der Waals surface area contributed by atoms with E-state index in [-0.39, 0.29) is 29.7 Å². The predicted octanol–water partition coefficient (Wildman–Crippen LogP) is 5.82. The molecule has 1 aliphatic heterocycles. The minimum absolute atomic E-state index is 0.115. The van der Waals surface area contributed by atoms with Crippen molar-refractivity contribution in [3.63, 3.8) is 0 Å². The summed E-state index contributed by atoms with van der Waals surface area (Å²) in [6.45, 7) is 5.24. The number of hydrogen-bond donors (Lipinski definition) is 0. The van der Waals surface area contributed by atoms with Gasteiger partial charge in [0.05, 0.1) is 11.7 Å². The molecule has 0 unspecified atom stereocenters. The van der Waals surface area contributed by atoms with E-state index in [9.17, 15) is 9.59 Å². The summed E-state index contributed by atoms with van der Waals surface area (Å²) in [5.74, 6) is -0.225. The van der Waals surface area contributed by atoms with Crippen LogP contribution in [-0.4, -0.2) is 23.0 Å². The van der Waals surface area contributed by atoms with Gasteiger partial charge in [-0.25, -0.2) is 0 Å². The third kappa shape index (κ3) is 4.05. The lowest BCUT2D eigenvalue weighted by molar-refractivity contribution is -0.117. The van der Waals surface area contributed by atoms with E-state index in [2.05, 4.69) is 5.16 Å². The van der Waals surface area contributed by atoms with Crippen LogP contribution in [0.15, 0.2) is 53.1 Å². The van der Waals surface area contributed by atoms with Gasteiger partial charge in [0, 0.05) is 46.0 Å². The predicted molar refractivity (Wildman–Crippen MR) is 121 cm³/mol. The average molecular weight is 458 g/mol. The van der Waals surface area contributed by atoms with Gasteiger partial charge in [-0.15, -0.1) is 0 Å². The quantitative estimate of drug-likeness (QED) is 0.496. The van der Waals surface area contributed by atoms with Crippen LogP contribution in [0.3, 0.4) is 0 Å². The van der Waals surface area contributed by atoms with Gasteiger partial charge in [0.25, 0.3) is 5.91 Å². The number of fused-ring (bicyclic) bond motifs is 1. The molecule has 0 saturated heterocycles. The molecule has 2 aromatic carbocycles. The lowest BCUT2D eigenvalue weighted by Gasteiger charge is -2.43. The summed E-state index contributed by atoms with van der Waals surface area (Å²) in [6.07, 6.45) is 0.522. The van der Waals surface area contributed by atoms with Crippen LogP contribution >= 0.6 is 23.2 Å². The fourth-order valence-corrected chi connectivity index (χ4v) is 4.43. The van der Waals surface area contributed by atoms with Gasteiger partial charge in [0.2, 0.25) is 11.7 Å². The van der Waals surface area contributed by atoms with Crippen molar-refractivity contribution in [3.05, 3.63) is 75.6 Å². The molecular formula is C23H21Cl2N3O3. The average Bonchev–Trinajstić information content (AvgIpc) is 3.16. The first-order valence-corrected chi connectivity index (χ1v) is 10.6. The zero-order valence-electron chi connectivity index (χ0n) is 17.3. The number of carbonyl (C=O) groups excluding carboxylic acids is 2. The van der Waals surface area contributed by atoms with Crippen molar-refractivity contribution in [2.24, 2.45) is 0 Å². The van der Waals surface area contributed by atoms with Gasteiger partial charge in [0.1, 0.15) is 0 Å². The molecule has 0 fully saturated rings. The second-order valence-electron chi connectivity index (χ2n) is 7.68. The molecular weight excluding hydrogens is 437 g/mol. The monoisotopic (exact) mass is 457 g/mol. The molecule has 31 heavy (non-hydrogen) atoms. The number of halogens is 2. The third-order valence-electron chi connectivity index (χ3n) is 5.43. The van der Waals surface area contributed by atoms with Crippen LogP contribution in [0, 0.1) is 6.92 Å². The molecule has 8 heteroatoms. The Bertz CT molecular complexity index is 1140. The summed E-state index contributed by atoms with van der Waals surface area (Å²) in [7, 11) is 0. The van der Waals surface area contributed by atoms with Crippen LogP contribution in [0.1, 0.15) is 48.1 Å². The fraction of sp³-hybridized carbons (Fsp3) is 0.261. The van der Waals surface area contributed by atoms with Crippen LogP contribution < -0.4 is 9.80 Å². The highest BCUT2D eigenvalue weighted by molar-refractivity contribution is 6.31. The fourth-order valence-electron chi connectivity index (χ4n) is 4.12. The maximum Gasteiger partial charge on any atom is 0.297 e. The molecule has 2 atom stereocenters. The van der Waals surface area contributed by atoms with Crippen molar-refractivity contribution in [1.82, 2.24) is 5.16 Å². The second kappa shape index (κ2) is 8.36. The van der Waals surface area contributed by atoms with E-state index in [1.54, 1.807) is 41.0 Å². The van der Waals surface area contributed by atoms with E-state index in [0.717, 1.165) is 11.3 Å². The van der Waals surface area contributed by atoms with Crippen molar-refractivity contribution in [1.29, 1.82) is 0 Å². The summed E-state index contributed by atoms with van der Waals surface area (Å²) in [4.78, 5) is 29.4. The van der Waals surface area contributed by atoms with E-state index >= 15 is 0 Å². The maximum absolute atomic E-state index is 13.3. The smallest absolute Gasteiger partial charge is 0.297 e. The minimum Gasteiger partial charge on any atom is -0.351 e. The Morgan fingerprint density at radius 1 is 1.10 bits per heavy atom. The molecule has 1 aromatic heterocycles. The highest BCUT2D eigenvalue weighted by Crippen LogP contribution is 2.44. The Morgan fingerprint density at radius 2 is 1.77 bits per heavy atom. The van der Waals surface area contributed by atoms with E-state index in [4.69, 9.17) is 27.7 Å². The number of benzene rings is 2. The minimum atomic E-state index is -0.303. The van der Waals surface area contributed by atoms with Gasteiger partial charge in [-0.05, 0) is 62.7 Å². The first kappa shape index (κ1) is 21.4. The second-order valence-corrected chi connectivity index (χ2v) is 8.55. The van der Waals surface area contributed by atoms with Gasteiger partial charge in [0.15, 0.2) is 0 Å². The van der Waals surface area contributed by atoms with Crippen LogP contribution in [0.4, 0.5) is 11.4 Å². The van der Waals surface area contributed by atoms with E-state index in [1.807, 2.05) is 31.2 Å². The zero-order chi connectivity index (χ0) is 22.3. The number of aryl methyl sites for hydroxylation is 1. The summed E-state index contributed by atoms with van der Waals surface area (Å²) in [5.41, 5.74) is 2.84. The SMILES string of the molecule is CC(=O)N(c1ccc(Cl)cc1)[C@@H]1C[C@H](C)N(C(=O)c2cc(C)no2)c2ccc(Cl)cc21. The molecule has 0 bridgehead atoms. The number of rotatable bonds is 3. The summed E-state index contributed by atoms with van der Waals surface area (Å²) >= 11 is 12.4. The molecule has 4 rings (SSSR count). The highest BCUT2D eigenvalue weighted by Gasteiger charge is 2.39. The Balaban J connectivity index is 1.81. The molecule has 0 radical (unpaired) electrons. The Kier molecular flexibility index (Phi) is 5.77. The molecule has 1 aliphatic rings. The number of aromatic nitrogens is 1. The van der Waals surface area contributed by atoms with Crippen molar-refractivity contribution in [2.45, 2.75) is 39.3 Å². The zero-order valence-corrected chi connectivity index (χ0v) is 18.8. The largest absolute Gasteiger partial charge is 0.351 e. The normalized spacial score (nSPS) is 17.9. The molecule has 0 spiro atoms. The van der Waals surface area contributed by atoms with Crippen molar-refractivity contribution < 1.29 is 14.1 Å². The summed E-state index contributed by atoms with van der Waals surface area (Å²) in [6, 6.07) is 13.6. The summed E-state index contributed by atoms with van der Waals surface area (Å²) in [5, 5.41) is 4.95. The first-order chi connectivity index (χ1) is 14.8. The van der Waals surface area contributed by atoms with Crippen LogP contribution in [0.25, 0.3) is 0 Å². The van der Waals surface area contributed by atoms with E-state index in [0.29, 0.717) is 27.8 Å². The first-order valence-electron chi connectivity index (χ1n) is 9.88. The van der Waals surface area contributed by atoms with Gasteiger partial charge in [-0.2, -0.15) is 0 Å².